The highest BCUT2D eigenvalue weighted by molar-refractivity contribution is 5.65. The summed E-state index contributed by atoms with van der Waals surface area (Å²) >= 11 is 0. The van der Waals surface area contributed by atoms with Gasteiger partial charge in [-0.15, -0.1) is 0 Å². The van der Waals surface area contributed by atoms with Crippen molar-refractivity contribution in [1.82, 2.24) is 10.4 Å². The van der Waals surface area contributed by atoms with Crippen LogP contribution in [0.4, 0.5) is 9.59 Å². The first-order chi connectivity index (χ1) is 6.59. The minimum absolute atomic E-state index is 0.330. The molecule has 1 atom stereocenters. The molecule has 2 amide bonds. The number of nitrogens with zero attached hydrogens (tertiary/aromatic N) is 1. The molecule has 1 aliphatic rings. The number of hydrogen-bond donors (Lipinski definition) is 3. The van der Waals surface area contributed by atoms with Crippen LogP contribution in [0.25, 0.3) is 0 Å². The van der Waals surface area contributed by atoms with E-state index >= 15 is 0 Å². The molecule has 1 fully saturated rings. The van der Waals surface area contributed by atoms with Gasteiger partial charge in [-0.3, -0.25) is 0 Å². The van der Waals surface area contributed by atoms with Gasteiger partial charge < -0.3 is 26.4 Å². The second-order valence-electron chi connectivity index (χ2n) is 2.65. The highest BCUT2D eigenvalue weighted by atomic mass is 16.7. The minimum Gasteiger partial charge on any atom is -0.426 e. The maximum absolute atomic E-state index is 10.5. The first-order valence-corrected chi connectivity index (χ1v) is 4.00. The molecule has 0 bridgehead atoms. The number of nitrogens with one attached hydrogen (secondary N) is 1. The number of primary amides is 2. The molecule has 0 aromatic rings. The molecule has 8 heteroatoms. The first kappa shape index (κ1) is 10.5. The van der Waals surface area contributed by atoms with E-state index in [0.717, 1.165) is 0 Å². The summed E-state index contributed by atoms with van der Waals surface area (Å²) in [4.78, 5) is 25.5. The van der Waals surface area contributed by atoms with Crippen LogP contribution in [0.2, 0.25) is 0 Å². The molecule has 1 aliphatic heterocycles. The second kappa shape index (κ2) is 4.63. The molecular formula is C6H12N4O4. The van der Waals surface area contributed by atoms with Gasteiger partial charge in [0.2, 0.25) is 6.23 Å². The smallest absolute Gasteiger partial charge is 0.423 e. The summed E-state index contributed by atoms with van der Waals surface area (Å²) in [6, 6.07) is 0. The quantitative estimate of drug-likeness (QED) is 0.494. The van der Waals surface area contributed by atoms with Gasteiger partial charge in [0.05, 0.1) is 6.54 Å². The van der Waals surface area contributed by atoms with Gasteiger partial charge in [0.15, 0.2) is 0 Å². The Labute approximate surface area is 80.1 Å². The summed E-state index contributed by atoms with van der Waals surface area (Å²) in [5, 5.41) is 4.11. The van der Waals surface area contributed by atoms with Crippen LogP contribution >= 0.6 is 0 Å². The maximum Gasteiger partial charge on any atom is 0.423 e. The van der Waals surface area contributed by atoms with Crippen molar-refractivity contribution in [2.24, 2.45) is 11.5 Å². The third-order valence-electron chi connectivity index (χ3n) is 1.61. The summed E-state index contributed by atoms with van der Waals surface area (Å²) in [6.07, 6.45) is -2.62. The van der Waals surface area contributed by atoms with Crippen molar-refractivity contribution >= 4 is 12.2 Å². The van der Waals surface area contributed by atoms with Crippen LogP contribution in [-0.2, 0) is 9.57 Å². The highest BCUT2D eigenvalue weighted by Crippen LogP contribution is 2.05. The fourth-order valence-electron chi connectivity index (χ4n) is 1.12. The van der Waals surface area contributed by atoms with E-state index in [1.165, 1.54) is 5.06 Å². The summed E-state index contributed by atoms with van der Waals surface area (Å²) in [5.74, 6) is 0. The number of nitrogens with two attached hydrogens (primary N) is 2. The normalized spacial score (nSPS) is 22.7. The maximum atomic E-state index is 10.5. The molecular weight excluding hydrogens is 192 g/mol. The van der Waals surface area contributed by atoms with Gasteiger partial charge in [0, 0.05) is 13.1 Å². The number of carbonyl (C=O) groups excluding carboxylic acids is 2. The molecule has 0 saturated carbocycles. The van der Waals surface area contributed by atoms with E-state index in [0.29, 0.717) is 19.6 Å². The molecule has 0 aromatic heterocycles. The molecule has 14 heavy (non-hydrogen) atoms. The standard InChI is InChI=1S/C6H12N4O4/c7-5(11)13-4-3-9-1-2-10(4)14-6(8)12/h4,9H,1-3H2,(H2,7,11)(H2,8,12). The van der Waals surface area contributed by atoms with E-state index in [2.05, 4.69) is 14.9 Å². The topological polar surface area (TPSA) is 120 Å². The number of rotatable bonds is 2. The lowest BCUT2D eigenvalue weighted by atomic mass is 10.4. The molecule has 80 valence electrons. The number of carbonyl (C=O) groups is 2. The first-order valence-electron chi connectivity index (χ1n) is 4.00. The van der Waals surface area contributed by atoms with Crippen LogP contribution in [0.3, 0.4) is 0 Å². The average Bonchev–Trinajstić information content (AvgIpc) is 2.06. The van der Waals surface area contributed by atoms with Gasteiger partial charge in [-0.1, -0.05) is 5.06 Å². The Hall–Kier alpha value is -1.54. The predicted octanol–water partition coefficient (Wildman–Crippen LogP) is -1.68. The summed E-state index contributed by atoms with van der Waals surface area (Å²) < 4.78 is 4.67. The largest absolute Gasteiger partial charge is 0.426 e. The molecule has 1 unspecified atom stereocenters. The molecule has 8 nitrogen and oxygen atoms in total. The molecule has 0 aromatic carbocycles. The van der Waals surface area contributed by atoms with E-state index < -0.39 is 18.4 Å². The van der Waals surface area contributed by atoms with E-state index in [1.807, 2.05) is 0 Å². The van der Waals surface area contributed by atoms with Crippen molar-refractivity contribution in [1.29, 1.82) is 0 Å². The SMILES string of the molecule is NC(=O)OC1CNCCN1OC(N)=O. The lowest BCUT2D eigenvalue weighted by molar-refractivity contribution is -0.199. The zero-order valence-electron chi connectivity index (χ0n) is 7.43. The highest BCUT2D eigenvalue weighted by Gasteiger charge is 2.27. The van der Waals surface area contributed by atoms with E-state index in [9.17, 15) is 9.59 Å². The van der Waals surface area contributed by atoms with Crippen molar-refractivity contribution in [2.75, 3.05) is 19.6 Å². The lowest BCUT2D eigenvalue weighted by Crippen LogP contribution is -2.54. The van der Waals surface area contributed by atoms with Gasteiger partial charge in [-0.05, 0) is 0 Å². The van der Waals surface area contributed by atoms with Crippen molar-refractivity contribution < 1.29 is 19.2 Å². The Morgan fingerprint density at radius 2 is 2.07 bits per heavy atom. The number of piperazine rings is 1. The second-order valence-corrected chi connectivity index (χ2v) is 2.65. The van der Waals surface area contributed by atoms with Crippen LogP contribution in [0, 0.1) is 0 Å². The monoisotopic (exact) mass is 204 g/mol. The van der Waals surface area contributed by atoms with Gasteiger partial charge in [-0.2, -0.15) is 0 Å². The lowest BCUT2D eigenvalue weighted by Gasteiger charge is -2.32. The summed E-state index contributed by atoms with van der Waals surface area (Å²) in [6.45, 7) is 1.31. The Morgan fingerprint density at radius 1 is 1.36 bits per heavy atom. The van der Waals surface area contributed by atoms with Crippen molar-refractivity contribution in [3.63, 3.8) is 0 Å². The Balaban J connectivity index is 2.49. The van der Waals surface area contributed by atoms with Gasteiger partial charge in [-0.25, -0.2) is 9.59 Å². The predicted molar refractivity (Wildman–Crippen MR) is 44.7 cm³/mol. The number of hydrogen-bond acceptors (Lipinski definition) is 6. The third kappa shape index (κ3) is 3.07. The minimum atomic E-state index is -0.954. The van der Waals surface area contributed by atoms with Gasteiger partial charge >= 0.3 is 12.2 Å². The Kier molecular flexibility index (Phi) is 3.48. The Morgan fingerprint density at radius 3 is 2.64 bits per heavy atom. The average molecular weight is 204 g/mol. The van der Waals surface area contributed by atoms with E-state index in [1.54, 1.807) is 0 Å². The zero-order valence-corrected chi connectivity index (χ0v) is 7.43. The van der Waals surface area contributed by atoms with Crippen molar-refractivity contribution in [3.8, 4) is 0 Å². The van der Waals surface area contributed by atoms with E-state index in [-0.39, 0.29) is 0 Å². The molecule has 1 heterocycles. The van der Waals surface area contributed by atoms with Crippen LogP contribution in [0.1, 0.15) is 0 Å². The molecule has 0 spiro atoms. The third-order valence-corrected chi connectivity index (χ3v) is 1.61. The van der Waals surface area contributed by atoms with Crippen molar-refractivity contribution in [3.05, 3.63) is 0 Å². The van der Waals surface area contributed by atoms with Crippen molar-refractivity contribution in [2.45, 2.75) is 6.23 Å². The van der Waals surface area contributed by atoms with Gasteiger partial charge in [0.25, 0.3) is 0 Å². The zero-order chi connectivity index (χ0) is 10.6. The van der Waals surface area contributed by atoms with Crippen LogP contribution in [0.15, 0.2) is 0 Å². The van der Waals surface area contributed by atoms with Crippen LogP contribution in [-0.4, -0.2) is 43.1 Å². The molecule has 1 rings (SSSR count). The molecule has 0 aliphatic carbocycles. The number of ether oxygens (including phenoxy) is 1. The molecule has 1 saturated heterocycles. The van der Waals surface area contributed by atoms with Crippen LogP contribution in [0.5, 0.6) is 0 Å². The molecule has 0 radical (unpaired) electrons. The fourth-order valence-corrected chi connectivity index (χ4v) is 1.12. The number of amides is 2. The van der Waals surface area contributed by atoms with Gasteiger partial charge in [0.1, 0.15) is 0 Å². The number of hydroxylamine groups is 2. The summed E-state index contributed by atoms with van der Waals surface area (Å²) in [7, 11) is 0. The summed E-state index contributed by atoms with van der Waals surface area (Å²) in [5.41, 5.74) is 9.65. The Bertz CT molecular complexity index is 210. The van der Waals surface area contributed by atoms with Crippen LogP contribution < -0.4 is 16.8 Å². The fraction of sp³-hybridized carbons (Fsp3) is 0.667. The van der Waals surface area contributed by atoms with E-state index in [4.69, 9.17) is 11.5 Å². The molecule has 5 N–H and O–H groups in total.